The number of pyridine rings is 1. The minimum absolute atomic E-state index is 0.128. The zero-order valence-electron chi connectivity index (χ0n) is 20.3. The average molecular weight is 485 g/mol. The number of carbonyl (C=O) groups excluding carboxylic acids is 2. The molecule has 6 rings (SSSR count). The van der Waals surface area contributed by atoms with E-state index in [0.29, 0.717) is 5.56 Å². The van der Waals surface area contributed by atoms with Crippen LogP contribution in [0.3, 0.4) is 0 Å². The summed E-state index contributed by atoms with van der Waals surface area (Å²) in [6, 6.07) is 13.5. The molecule has 0 spiro atoms. The Morgan fingerprint density at radius 1 is 1.03 bits per heavy atom. The third kappa shape index (κ3) is 4.08. The summed E-state index contributed by atoms with van der Waals surface area (Å²) >= 11 is 0. The molecule has 36 heavy (non-hydrogen) atoms. The van der Waals surface area contributed by atoms with Gasteiger partial charge in [0, 0.05) is 18.5 Å². The van der Waals surface area contributed by atoms with E-state index in [2.05, 4.69) is 6.08 Å². The molecule has 0 N–H and O–H groups in total. The van der Waals surface area contributed by atoms with Gasteiger partial charge < -0.3 is 19.1 Å². The highest BCUT2D eigenvalue weighted by atomic mass is 16.7. The number of aromatic nitrogens is 1. The Balaban J connectivity index is 1.39. The van der Waals surface area contributed by atoms with E-state index in [9.17, 15) is 9.59 Å². The number of rotatable bonds is 4. The first-order valence-electron chi connectivity index (χ1n) is 12.6. The van der Waals surface area contributed by atoms with E-state index < -0.39 is 12.1 Å². The smallest absolute Gasteiger partial charge is 0.339 e. The minimum atomic E-state index is -0.828. The molecule has 3 aliphatic rings. The largest absolute Gasteiger partial charge is 0.454 e. The molecule has 3 heterocycles. The SMILES string of the molecule is CC(OC(=O)c1c2c(nc3ccccc13)C(=Cc1ccc3c(c1)OCO3)CCC2)C(=O)N1CCCC1. The van der Waals surface area contributed by atoms with E-state index in [1.807, 2.05) is 42.5 Å². The molecule has 1 saturated heterocycles. The normalized spacial score (nSPS) is 18.4. The van der Waals surface area contributed by atoms with Gasteiger partial charge in [0.1, 0.15) is 0 Å². The molecule has 1 atom stereocenters. The quantitative estimate of drug-likeness (QED) is 0.485. The minimum Gasteiger partial charge on any atom is -0.454 e. The Hall–Kier alpha value is -3.87. The molecule has 1 unspecified atom stereocenters. The summed E-state index contributed by atoms with van der Waals surface area (Å²) in [7, 11) is 0. The molecule has 1 fully saturated rings. The van der Waals surface area contributed by atoms with E-state index in [1.165, 1.54) is 0 Å². The molecule has 184 valence electrons. The number of nitrogens with zero attached hydrogens (tertiary/aromatic N) is 2. The molecule has 1 aliphatic carbocycles. The van der Waals surface area contributed by atoms with Gasteiger partial charge in [0.15, 0.2) is 17.6 Å². The van der Waals surface area contributed by atoms with E-state index in [-0.39, 0.29) is 12.7 Å². The molecule has 7 heteroatoms. The van der Waals surface area contributed by atoms with Crippen molar-refractivity contribution in [1.29, 1.82) is 0 Å². The Bertz CT molecular complexity index is 1390. The zero-order chi connectivity index (χ0) is 24.6. The first-order valence-corrected chi connectivity index (χ1v) is 12.6. The van der Waals surface area contributed by atoms with Gasteiger partial charge in [-0.3, -0.25) is 4.79 Å². The Labute approximate surface area is 209 Å². The lowest BCUT2D eigenvalue weighted by molar-refractivity contribution is -0.138. The molecular formula is C29H28N2O5. The fourth-order valence-electron chi connectivity index (χ4n) is 5.38. The van der Waals surface area contributed by atoms with Crippen molar-refractivity contribution in [3.63, 3.8) is 0 Å². The Morgan fingerprint density at radius 3 is 2.69 bits per heavy atom. The van der Waals surface area contributed by atoms with Crippen LogP contribution in [0.15, 0.2) is 42.5 Å². The molecule has 2 aliphatic heterocycles. The summed E-state index contributed by atoms with van der Waals surface area (Å²) in [6.45, 7) is 3.35. The van der Waals surface area contributed by atoms with Gasteiger partial charge in [-0.15, -0.1) is 0 Å². The zero-order valence-corrected chi connectivity index (χ0v) is 20.3. The van der Waals surface area contributed by atoms with E-state index in [4.69, 9.17) is 19.2 Å². The van der Waals surface area contributed by atoms with Gasteiger partial charge in [-0.05, 0) is 80.0 Å². The predicted octanol–water partition coefficient (Wildman–Crippen LogP) is 5.01. The van der Waals surface area contributed by atoms with Crippen molar-refractivity contribution < 1.29 is 23.8 Å². The van der Waals surface area contributed by atoms with Crippen molar-refractivity contribution in [3.8, 4) is 11.5 Å². The van der Waals surface area contributed by atoms with Crippen LogP contribution in [-0.4, -0.2) is 47.7 Å². The number of ether oxygens (including phenoxy) is 3. The van der Waals surface area contributed by atoms with Crippen molar-refractivity contribution in [2.75, 3.05) is 19.9 Å². The van der Waals surface area contributed by atoms with Gasteiger partial charge in [-0.25, -0.2) is 9.78 Å². The van der Waals surface area contributed by atoms with Crippen LogP contribution < -0.4 is 9.47 Å². The topological polar surface area (TPSA) is 78.0 Å². The number of esters is 1. The van der Waals surface area contributed by atoms with E-state index in [1.54, 1.807) is 11.8 Å². The van der Waals surface area contributed by atoms with Crippen LogP contribution in [0.4, 0.5) is 0 Å². The first kappa shape index (κ1) is 22.6. The number of hydrogen-bond acceptors (Lipinski definition) is 6. The number of allylic oxidation sites excluding steroid dienone is 1. The lowest BCUT2D eigenvalue weighted by atomic mass is 9.86. The number of benzene rings is 2. The highest BCUT2D eigenvalue weighted by Gasteiger charge is 2.30. The second kappa shape index (κ2) is 9.30. The van der Waals surface area contributed by atoms with Crippen LogP contribution in [0, 0.1) is 0 Å². The third-order valence-electron chi connectivity index (χ3n) is 7.16. The summed E-state index contributed by atoms with van der Waals surface area (Å²) in [6.07, 6.45) is 5.74. The van der Waals surface area contributed by atoms with Gasteiger partial charge in [0.05, 0.1) is 16.8 Å². The molecule has 2 aromatic carbocycles. The van der Waals surface area contributed by atoms with Crippen LogP contribution in [0.25, 0.3) is 22.6 Å². The van der Waals surface area contributed by atoms with Crippen molar-refractivity contribution in [2.45, 2.75) is 45.1 Å². The van der Waals surface area contributed by atoms with Crippen LogP contribution in [-0.2, 0) is 16.0 Å². The maximum absolute atomic E-state index is 13.6. The second-order valence-electron chi connectivity index (χ2n) is 9.55. The van der Waals surface area contributed by atoms with Gasteiger partial charge in [-0.1, -0.05) is 24.3 Å². The van der Waals surface area contributed by atoms with Crippen molar-refractivity contribution in [2.24, 2.45) is 0 Å². The van der Waals surface area contributed by atoms with Crippen LogP contribution >= 0.6 is 0 Å². The molecule has 0 bridgehead atoms. The lowest BCUT2D eigenvalue weighted by Crippen LogP contribution is -2.38. The average Bonchev–Trinajstić information content (AvgIpc) is 3.59. The van der Waals surface area contributed by atoms with Crippen LogP contribution in [0.5, 0.6) is 11.5 Å². The van der Waals surface area contributed by atoms with Gasteiger partial charge in [-0.2, -0.15) is 0 Å². The molecule has 7 nitrogen and oxygen atoms in total. The summed E-state index contributed by atoms with van der Waals surface area (Å²) in [4.78, 5) is 33.2. The molecule has 0 saturated carbocycles. The summed E-state index contributed by atoms with van der Waals surface area (Å²) in [5, 5.41) is 0.756. The van der Waals surface area contributed by atoms with Crippen LogP contribution in [0.1, 0.15) is 59.8 Å². The predicted molar refractivity (Wildman–Crippen MR) is 136 cm³/mol. The lowest BCUT2D eigenvalue weighted by Gasteiger charge is -2.24. The monoisotopic (exact) mass is 484 g/mol. The van der Waals surface area contributed by atoms with Crippen molar-refractivity contribution in [3.05, 3.63) is 64.8 Å². The first-order chi connectivity index (χ1) is 17.6. The molecule has 1 aromatic heterocycles. The maximum Gasteiger partial charge on any atom is 0.339 e. The number of hydrogen-bond donors (Lipinski definition) is 0. The highest BCUT2D eigenvalue weighted by Crippen LogP contribution is 2.38. The maximum atomic E-state index is 13.6. The number of amides is 1. The standard InChI is InChI=1S/C29H28N2O5/c1-18(28(32)31-13-4-5-14-31)36-29(33)26-21-8-2-3-10-23(21)30-27-20(7-6-9-22(26)27)15-19-11-12-24-25(16-19)35-17-34-24/h2-3,8,10-12,15-16,18H,4-7,9,13-14,17H2,1H3. The fraction of sp³-hybridized carbons (Fsp3) is 0.345. The van der Waals surface area contributed by atoms with Gasteiger partial charge in [0.2, 0.25) is 6.79 Å². The van der Waals surface area contributed by atoms with Crippen molar-refractivity contribution in [1.82, 2.24) is 9.88 Å². The van der Waals surface area contributed by atoms with Gasteiger partial charge in [0.25, 0.3) is 5.91 Å². The molecule has 1 amide bonds. The molecule has 3 aromatic rings. The number of para-hydroxylation sites is 1. The van der Waals surface area contributed by atoms with Crippen LogP contribution in [0.2, 0.25) is 0 Å². The van der Waals surface area contributed by atoms with Gasteiger partial charge >= 0.3 is 5.97 Å². The Kier molecular flexibility index (Phi) is 5.83. The van der Waals surface area contributed by atoms with E-state index in [0.717, 1.165) is 90.0 Å². The molecular weight excluding hydrogens is 456 g/mol. The Morgan fingerprint density at radius 2 is 1.83 bits per heavy atom. The fourth-order valence-corrected chi connectivity index (χ4v) is 5.38. The number of likely N-dealkylation sites (tertiary alicyclic amines) is 1. The second-order valence-corrected chi connectivity index (χ2v) is 9.55. The van der Waals surface area contributed by atoms with Crippen molar-refractivity contribution >= 4 is 34.4 Å². The summed E-state index contributed by atoms with van der Waals surface area (Å²) < 4.78 is 16.8. The summed E-state index contributed by atoms with van der Waals surface area (Å²) in [5.41, 5.74) is 5.02. The number of carbonyl (C=O) groups is 2. The van der Waals surface area contributed by atoms with E-state index >= 15 is 0 Å². The molecule has 0 radical (unpaired) electrons. The summed E-state index contributed by atoms with van der Waals surface area (Å²) in [5.74, 6) is 0.881. The third-order valence-corrected chi connectivity index (χ3v) is 7.16. The highest BCUT2D eigenvalue weighted by molar-refractivity contribution is 6.07. The number of fused-ring (bicyclic) bond motifs is 3.